The van der Waals surface area contributed by atoms with Crippen LogP contribution in [0.1, 0.15) is 56.2 Å². The molecular weight excluding hydrogens is 264 g/mol. The Bertz CT molecular complexity index is 468. The van der Waals surface area contributed by atoms with Gasteiger partial charge < -0.3 is 14.7 Å². The molecular formula is C16H26N4O. The van der Waals surface area contributed by atoms with Crippen LogP contribution in [0.3, 0.4) is 0 Å². The second-order valence-electron chi connectivity index (χ2n) is 7.16. The number of hydrogen-bond acceptors (Lipinski definition) is 5. The van der Waals surface area contributed by atoms with Gasteiger partial charge in [-0.3, -0.25) is 0 Å². The lowest BCUT2D eigenvalue weighted by atomic mass is 9.90. The summed E-state index contributed by atoms with van der Waals surface area (Å²) in [6.07, 6.45) is 8.54. The van der Waals surface area contributed by atoms with E-state index in [0.717, 1.165) is 43.3 Å². The van der Waals surface area contributed by atoms with Gasteiger partial charge >= 0.3 is 0 Å². The van der Waals surface area contributed by atoms with Crippen LogP contribution >= 0.6 is 0 Å². The number of hydrogen-bond donors (Lipinski definition) is 1. The molecule has 4 rings (SSSR count). The standard InChI is InChI=1S/C16H26N4O/c1-20-13-2-3-14(20)10-12(9-13)16-18-15(21-19-16)8-11-4-6-17-7-5-11/h11-14,17H,2-10H2,1H3. The molecule has 0 radical (unpaired) electrons. The average molecular weight is 290 g/mol. The van der Waals surface area contributed by atoms with Gasteiger partial charge in [0.25, 0.3) is 0 Å². The van der Waals surface area contributed by atoms with Crippen LogP contribution < -0.4 is 5.32 Å². The molecule has 21 heavy (non-hydrogen) atoms. The topological polar surface area (TPSA) is 54.2 Å². The molecule has 2 bridgehead atoms. The Morgan fingerprint density at radius 1 is 1.14 bits per heavy atom. The summed E-state index contributed by atoms with van der Waals surface area (Å²) < 4.78 is 5.54. The highest BCUT2D eigenvalue weighted by Crippen LogP contribution is 2.41. The van der Waals surface area contributed by atoms with Crippen molar-refractivity contribution in [3.8, 4) is 0 Å². The maximum atomic E-state index is 5.54. The van der Waals surface area contributed by atoms with Gasteiger partial charge in [-0.1, -0.05) is 5.16 Å². The van der Waals surface area contributed by atoms with Crippen LogP contribution in [0.2, 0.25) is 0 Å². The fourth-order valence-electron chi connectivity index (χ4n) is 4.47. The summed E-state index contributed by atoms with van der Waals surface area (Å²) in [5, 5.41) is 7.71. The zero-order valence-electron chi connectivity index (χ0n) is 12.9. The minimum absolute atomic E-state index is 0.518. The first-order chi connectivity index (χ1) is 10.3. The van der Waals surface area contributed by atoms with Crippen LogP contribution in [0.25, 0.3) is 0 Å². The molecule has 1 N–H and O–H groups in total. The highest BCUT2D eigenvalue weighted by Gasteiger charge is 2.40. The molecule has 1 aromatic rings. The summed E-state index contributed by atoms with van der Waals surface area (Å²) in [7, 11) is 2.28. The van der Waals surface area contributed by atoms with E-state index < -0.39 is 0 Å². The Hall–Kier alpha value is -0.940. The lowest BCUT2D eigenvalue weighted by molar-refractivity contribution is 0.157. The third-order valence-corrected chi connectivity index (χ3v) is 5.87. The molecule has 5 nitrogen and oxygen atoms in total. The highest BCUT2D eigenvalue weighted by atomic mass is 16.5. The van der Waals surface area contributed by atoms with Gasteiger partial charge in [0, 0.05) is 24.4 Å². The van der Waals surface area contributed by atoms with E-state index in [-0.39, 0.29) is 0 Å². The summed E-state index contributed by atoms with van der Waals surface area (Å²) in [5.74, 6) is 3.07. The van der Waals surface area contributed by atoms with Crippen LogP contribution in [-0.4, -0.2) is 47.3 Å². The van der Waals surface area contributed by atoms with Gasteiger partial charge in [-0.25, -0.2) is 0 Å². The first kappa shape index (κ1) is 13.7. The van der Waals surface area contributed by atoms with Crippen molar-refractivity contribution in [2.24, 2.45) is 5.92 Å². The van der Waals surface area contributed by atoms with Gasteiger partial charge in [0.1, 0.15) is 0 Å². The Kier molecular flexibility index (Phi) is 3.71. The van der Waals surface area contributed by atoms with E-state index in [1.807, 2.05) is 0 Å². The van der Waals surface area contributed by atoms with Crippen LogP contribution in [0.4, 0.5) is 0 Å². The normalized spacial score (nSPS) is 34.4. The number of nitrogens with one attached hydrogen (secondary N) is 1. The first-order valence-electron chi connectivity index (χ1n) is 8.54. The van der Waals surface area contributed by atoms with E-state index in [1.165, 1.54) is 38.5 Å². The number of piperidine rings is 2. The second-order valence-corrected chi connectivity index (χ2v) is 7.16. The van der Waals surface area contributed by atoms with Crippen molar-refractivity contribution < 1.29 is 4.52 Å². The molecule has 2 unspecified atom stereocenters. The van der Waals surface area contributed by atoms with E-state index in [4.69, 9.17) is 9.51 Å². The van der Waals surface area contributed by atoms with Crippen molar-refractivity contribution in [2.45, 2.75) is 62.9 Å². The van der Waals surface area contributed by atoms with Crippen LogP contribution in [0.15, 0.2) is 4.52 Å². The van der Waals surface area contributed by atoms with Gasteiger partial charge in [-0.05, 0) is 64.6 Å². The van der Waals surface area contributed by atoms with E-state index in [1.54, 1.807) is 0 Å². The number of rotatable bonds is 3. The van der Waals surface area contributed by atoms with Crippen LogP contribution in [0.5, 0.6) is 0 Å². The fourth-order valence-corrected chi connectivity index (χ4v) is 4.47. The first-order valence-corrected chi connectivity index (χ1v) is 8.54. The minimum atomic E-state index is 0.518. The maximum Gasteiger partial charge on any atom is 0.226 e. The molecule has 3 aliphatic heterocycles. The Labute approximate surface area is 126 Å². The second kappa shape index (κ2) is 5.69. The van der Waals surface area contributed by atoms with E-state index >= 15 is 0 Å². The molecule has 3 saturated heterocycles. The Morgan fingerprint density at radius 3 is 2.57 bits per heavy atom. The maximum absolute atomic E-state index is 5.54. The molecule has 0 aliphatic carbocycles. The minimum Gasteiger partial charge on any atom is -0.339 e. The largest absolute Gasteiger partial charge is 0.339 e. The summed E-state index contributed by atoms with van der Waals surface area (Å²) in [6.45, 7) is 2.26. The SMILES string of the molecule is CN1C2CCC1CC(c1noc(CC3CCNCC3)n1)C2. The molecule has 0 saturated carbocycles. The molecule has 0 spiro atoms. The molecule has 3 aliphatic rings. The van der Waals surface area contributed by atoms with Crippen molar-refractivity contribution in [1.82, 2.24) is 20.4 Å². The number of nitrogens with zero attached hydrogens (tertiary/aromatic N) is 3. The molecule has 0 amide bonds. The quantitative estimate of drug-likeness (QED) is 0.922. The zero-order chi connectivity index (χ0) is 14.2. The summed E-state index contributed by atoms with van der Waals surface area (Å²) in [5.41, 5.74) is 0. The lowest BCUT2D eigenvalue weighted by Crippen LogP contribution is -2.39. The van der Waals surface area contributed by atoms with E-state index in [0.29, 0.717) is 11.8 Å². The lowest BCUT2D eigenvalue weighted by Gasteiger charge is -2.34. The van der Waals surface area contributed by atoms with Crippen LogP contribution in [0, 0.1) is 5.92 Å². The smallest absolute Gasteiger partial charge is 0.226 e. The predicted molar refractivity (Wildman–Crippen MR) is 80.1 cm³/mol. The molecule has 1 aromatic heterocycles. The number of aromatic nitrogens is 2. The van der Waals surface area contributed by atoms with Crippen molar-refractivity contribution in [2.75, 3.05) is 20.1 Å². The highest BCUT2D eigenvalue weighted by molar-refractivity contribution is 5.05. The Balaban J connectivity index is 1.40. The van der Waals surface area contributed by atoms with E-state index in [2.05, 4.69) is 22.4 Å². The summed E-state index contributed by atoms with van der Waals surface area (Å²) in [4.78, 5) is 7.30. The molecule has 5 heteroatoms. The van der Waals surface area contributed by atoms with Gasteiger partial charge in [-0.15, -0.1) is 0 Å². The predicted octanol–water partition coefficient (Wildman–Crippen LogP) is 1.95. The zero-order valence-corrected chi connectivity index (χ0v) is 12.9. The van der Waals surface area contributed by atoms with Crippen molar-refractivity contribution in [1.29, 1.82) is 0 Å². The van der Waals surface area contributed by atoms with Gasteiger partial charge in [0.15, 0.2) is 5.82 Å². The van der Waals surface area contributed by atoms with Crippen molar-refractivity contribution >= 4 is 0 Å². The third-order valence-electron chi connectivity index (χ3n) is 5.87. The monoisotopic (exact) mass is 290 g/mol. The van der Waals surface area contributed by atoms with Crippen molar-refractivity contribution in [3.63, 3.8) is 0 Å². The summed E-state index contributed by atoms with van der Waals surface area (Å²) >= 11 is 0. The molecule has 4 heterocycles. The van der Waals surface area contributed by atoms with Gasteiger partial charge in [-0.2, -0.15) is 4.98 Å². The fraction of sp³-hybridized carbons (Fsp3) is 0.875. The van der Waals surface area contributed by atoms with Gasteiger partial charge in [0.05, 0.1) is 0 Å². The molecule has 116 valence electrons. The third kappa shape index (κ3) is 2.73. The van der Waals surface area contributed by atoms with E-state index in [9.17, 15) is 0 Å². The summed E-state index contributed by atoms with van der Waals surface area (Å²) in [6, 6.07) is 1.47. The Morgan fingerprint density at radius 2 is 1.86 bits per heavy atom. The average Bonchev–Trinajstić information content (AvgIpc) is 3.02. The van der Waals surface area contributed by atoms with Gasteiger partial charge in [0.2, 0.25) is 5.89 Å². The molecule has 3 fully saturated rings. The number of fused-ring (bicyclic) bond motifs is 2. The van der Waals surface area contributed by atoms with Crippen molar-refractivity contribution in [3.05, 3.63) is 11.7 Å². The molecule has 2 atom stereocenters. The molecule has 0 aromatic carbocycles. The van der Waals surface area contributed by atoms with Crippen LogP contribution in [-0.2, 0) is 6.42 Å².